The summed E-state index contributed by atoms with van der Waals surface area (Å²) in [4.78, 5) is 11.1. The van der Waals surface area contributed by atoms with Crippen molar-refractivity contribution < 1.29 is 9.53 Å². The number of carbonyl (C=O) groups excluding carboxylic acids is 1. The van der Waals surface area contributed by atoms with Crippen molar-refractivity contribution in [2.24, 2.45) is 0 Å². The van der Waals surface area contributed by atoms with Crippen LogP contribution in [0.25, 0.3) is 0 Å². The summed E-state index contributed by atoms with van der Waals surface area (Å²) >= 11 is 0. The molecule has 0 aromatic rings. The Morgan fingerprint density at radius 2 is 2.15 bits per heavy atom. The van der Waals surface area contributed by atoms with Crippen LogP contribution < -0.4 is 5.32 Å². The highest BCUT2D eigenvalue weighted by Gasteiger charge is 2.14. The minimum absolute atomic E-state index is 0.175. The molecule has 1 unspecified atom stereocenters. The smallest absolute Gasteiger partial charge is 0.322 e. The minimum atomic E-state index is -0.188. The van der Waals surface area contributed by atoms with Gasteiger partial charge in [0.05, 0.1) is 7.11 Å². The van der Waals surface area contributed by atoms with E-state index in [2.05, 4.69) is 23.1 Å². The zero-order chi connectivity index (χ0) is 10.1. The lowest BCUT2D eigenvalue weighted by molar-refractivity contribution is -0.143. The molecule has 0 rings (SSSR count). The van der Waals surface area contributed by atoms with Crippen molar-refractivity contribution in [3.63, 3.8) is 0 Å². The Labute approximate surface area is 80.2 Å². The molecule has 3 nitrogen and oxygen atoms in total. The molecule has 0 amide bonds. The van der Waals surface area contributed by atoms with Gasteiger partial charge in [-0.25, -0.2) is 0 Å². The van der Waals surface area contributed by atoms with E-state index in [0.717, 1.165) is 19.4 Å². The maximum Gasteiger partial charge on any atom is 0.322 e. The highest BCUT2D eigenvalue weighted by atomic mass is 16.5. The van der Waals surface area contributed by atoms with Gasteiger partial charge in [0.15, 0.2) is 0 Å². The molecule has 1 atom stereocenters. The van der Waals surface area contributed by atoms with Crippen LogP contribution in [0.1, 0.15) is 26.7 Å². The van der Waals surface area contributed by atoms with Gasteiger partial charge in [0.2, 0.25) is 0 Å². The average molecular weight is 185 g/mol. The van der Waals surface area contributed by atoms with Gasteiger partial charge in [-0.05, 0) is 12.8 Å². The molecule has 0 aliphatic carbocycles. The standard InChI is InChI=1S/C10H19NO2/c1-4-6-7-8-11-9(5-2)10(12)13-3/h6-7,9,11H,4-5,8H2,1-3H3/b7-6+. The minimum Gasteiger partial charge on any atom is -0.468 e. The van der Waals surface area contributed by atoms with Gasteiger partial charge in [-0.1, -0.05) is 26.0 Å². The van der Waals surface area contributed by atoms with E-state index in [4.69, 9.17) is 0 Å². The van der Waals surface area contributed by atoms with Crippen LogP contribution in [0.3, 0.4) is 0 Å². The lowest BCUT2D eigenvalue weighted by Crippen LogP contribution is -2.37. The van der Waals surface area contributed by atoms with E-state index in [-0.39, 0.29) is 12.0 Å². The van der Waals surface area contributed by atoms with Crippen molar-refractivity contribution in [3.05, 3.63) is 12.2 Å². The second-order valence-electron chi connectivity index (χ2n) is 2.77. The Hall–Kier alpha value is -0.830. The topological polar surface area (TPSA) is 38.3 Å². The normalized spacial score (nSPS) is 13.2. The van der Waals surface area contributed by atoms with Crippen molar-refractivity contribution in [1.29, 1.82) is 0 Å². The maximum atomic E-state index is 11.1. The third-order valence-electron chi connectivity index (χ3n) is 1.78. The van der Waals surface area contributed by atoms with E-state index in [1.165, 1.54) is 7.11 Å². The van der Waals surface area contributed by atoms with Crippen molar-refractivity contribution in [3.8, 4) is 0 Å². The van der Waals surface area contributed by atoms with Crippen LogP contribution in [0.4, 0.5) is 0 Å². The Balaban J connectivity index is 3.72. The molecule has 76 valence electrons. The molecule has 0 bridgehead atoms. The summed E-state index contributed by atoms with van der Waals surface area (Å²) in [5.74, 6) is -0.188. The van der Waals surface area contributed by atoms with Gasteiger partial charge in [-0.15, -0.1) is 0 Å². The SMILES string of the molecule is CC/C=C/CNC(CC)C(=O)OC. The Bertz CT molecular complexity index is 166. The summed E-state index contributed by atoms with van der Waals surface area (Å²) in [6.07, 6.45) is 5.87. The van der Waals surface area contributed by atoms with Crippen LogP contribution >= 0.6 is 0 Å². The number of methoxy groups -OCH3 is 1. The summed E-state index contributed by atoms with van der Waals surface area (Å²) < 4.78 is 4.63. The van der Waals surface area contributed by atoms with Gasteiger partial charge in [-0.3, -0.25) is 4.79 Å². The molecule has 0 radical (unpaired) electrons. The van der Waals surface area contributed by atoms with Crippen LogP contribution in [-0.2, 0) is 9.53 Å². The fourth-order valence-corrected chi connectivity index (χ4v) is 0.997. The van der Waals surface area contributed by atoms with Crippen molar-refractivity contribution in [1.82, 2.24) is 5.32 Å². The predicted octanol–water partition coefficient (Wildman–Crippen LogP) is 1.49. The van der Waals surface area contributed by atoms with E-state index < -0.39 is 0 Å². The second kappa shape index (κ2) is 7.80. The average Bonchev–Trinajstić information content (AvgIpc) is 2.17. The highest BCUT2D eigenvalue weighted by molar-refractivity contribution is 5.75. The van der Waals surface area contributed by atoms with E-state index in [9.17, 15) is 4.79 Å². The summed E-state index contributed by atoms with van der Waals surface area (Å²) in [5, 5.41) is 3.09. The molecule has 0 saturated heterocycles. The molecular weight excluding hydrogens is 166 g/mol. The largest absolute Gasteiger partial charge is 0.468 e. The Morgan fingerprint density at radius 3 is 2.62 bits per heavy atom. The first-order valence-electron chi connectivity index (χ1n) is 4.72. The maximum absolute atomic E-state index is 11.1. The van der Waals surface area contributed by atoms with E-state index in [1.807, 2.05) is 13.0 Å². The summed E-state index contributed by atoms with van der Waals surface area (Å²) in [7, 11) is 1.41. The zero-order valence-electron chi connectivity index (χ0n) is 8.67. The molecule has 0 heterocycles. The van der Waals surface area contributed by atoms with Crippen LogP contribution in [-0.4, -0.2) is 25.7 Å². The first-order chi connectivity index (χ1) is 6.26. The van der Waals surface area contributed by atoms with Crippen LogP contribution in [0.2, 0.25) is 0 Å². The summed E-state index contributed by atoms with van der Waals surface area (Å²) in [6, 6.07) is -0.175. The number of hydrogen-bond acceptors (Lipinski definition) is 3. The lowest BCUT2D eigenvalue weighted by Gasteiger charge is -2.12. The van der Waals surface area contributed by atoms with E-state index in [0.29, 0.717) is 0 Å². The molecule has 0 fully saturated rings. The Morgan fingerprint density at radius 1 is 1.46 bits per heavy atom. The van der Waals surface area contributed by atoms with Crippen LogP contribution in [0.5, 0.6) is 0 Å². The van der Waals surface area contributed by atoms with Crippen LogP contribution in [0, 0.1) is 0 Å². The molecular formula is C10H19NO2. The fourth-order valence-electron chi connectivity index (χ4n) is 0.997. The molecule has 0 spiro atoms. The van der Waals surface area contributed by atoms with Gasteiger partial charge in [0.1, 0.15) is 6.04 Å². The third-order valence-corrected chi connectivity index (χ3v) is 1.78. The van der Waals surface area contributed by atoms with Gasteiger partial charge in [0, 0.05) is 6.54 Å². The molecule has 1 N–H and O–H groups in total. The van der Waals surface area contributed by atoms with Gasteiger partial charge in [-0.2, -0.15) is 0 Å². The zero-order valence-corrected chi connectivity index (χ0v) is 8.67. The van der Waals surface area contributed by atoms with Gasteiger partial charge < -0.3 is 10.1 Å². The quantitative estimate of drug-likeness (QED) is 0.503. The molecule has 3 heteroatoms. The first kappa shape index (κ1) is 12.2. The van der Waals surface area contributed by atoms with E-state index in [1.54, 1.807) is 0 Å². The number of nitrogens with one attached hydrogen (secondary N) is 1. The number of hydrogen-bond donors (Lipinski definition) is 1. The highest BCUT2D eigenvalue weighted by Crippen LogP contribution is 1.93. The first-order valence-corrected chi connectivity index (χ1v) is 4.72. The predicted molar refractivity (Wildman–Crippen MR) is 53.5 cm³/mol. The van der Waals surface area contributed by atoms with Gasteiger partial charge >= 0.3 is 5.97 Å². The third kappa shape index (κ3) is 5.42. The number of ether oxygens (including phenoxy) is 1. The van der Waals surface area contributed by atoms with E-state index >= 15 is 0 Å². The number of esters is 1. The van der Waals surface area contributed by atoms with Gasteiger partial charge in [0.25, 0.3) is 0 Å². The van der Waals surface area contributed by atoms with Crippen LogP contribution in [0.15, 0.2) is 12.2 Å². The molecule has 0 aliphatic heterocycles. The summed E-state index contributed by atoms with van der Waals surface area (Å²) in [5.41, 5.74) is 0. The Kier molecular flexibility index (Phi) is 7.30. The molecule has 0 aromatic heterocycles. The fraction of sp³-hybridized carbons (Fsp3) is 0.700. The molecule has 13 heavy (non-hydrogen) atoms. The molecule has 0 aliphatic rings. The number of rotatable bonds is 6. The van der Waals surface area contributed by atoms with Crippen molar-refractivity contribution in [2.45, 2.75) is 32.7 Å². The molecule has 0 aromatic carbocycles. The lowest BCUT2D eigenvalue weighted by atomic mass is 10.2. The number of carbonyl (C=O) groups is 1. The monoisotopic (exact) mass is 185 g/mol. The van der Waals surface area contributed by atoms with Crippen molar-refractivity contribution >= 4 is 5.97 Å². The number of allylic oxidation sites excluding steroid dienone is 1. The summed E-state index contributed by atoms with van der Waals surface area (Å²) in [6.45, 7) is 4.76. The van der Waals surface area contributed by atoms with Crippen molar-refractivity contribution in [2.75, 3.05) is 13.7 Å². The molecule has 0 saturated carbocycles. The second-order valence-corrected chi connectivity index (χ2v) is 2.77.